The second kappa shape index (κ2) is 7.01. The Kier molecular flexibility index (Phi) is 5.08. The fourth-order valence-corrected chi connectivity index (χ4v) is 3.91. The zero-order chi connectivity index (χ0) is 13.8. The maximum atomic E-state index is 4.76. The van der Waals surface area contributed by atoms with Crippen LogP contribution in [-0.2, 0) is 13.1 Å². The Morgan fingerprint density at radius 2 is 2.05 bits per heavy atom. The van der Waals surface area contributed by atoms with E-state index in [9.17, 15) is 0 Å². The number of nitrogens with one attached hydrogen (secondary N) is 1. The number of aromatic nitrogens is 1. The molecule has 1 aromatic heterocycles. The quantitative estimate of drug-likeness (QED) is 0.835. The lowest BCUT2D eigenvalue weighted by Gasteiger charge is -2.26. The lowest BCUT2D eigenvalue weighted by molar-refractivity contribution is 0.226. The molecule has 0 amide bonds. The highest BCUT2D eigenvalue weighted by atomic mass is 32.1. The largest absolute Gasteiger partial charge is 0.308 e. The first-order chi connectivity index (χ1) is 9.79. The van der Waals surface area contributed by atoms with Gasteiger partial charge in [0.2, 0.25) is 0 Å². The van der Waals surface area contributed by atoms with Gasteiger partial charge in [0.1, 0.15) is 5.01 Å². The van der Waals surface area contributed by atoms with Gasteiger partial charge in [-0.1, -0.05) is 19.3 Å². The van der Waals surface area contributed by atoms with E-state index in [0.29, 0.717) is 0 Å². The number of hydrogen-bond donors (Lipinski definition) is 1. The molecule has 1 aromatic rings. The minimum Gasteiger partial charge on any atom is -0.308 e. The van der Waals surface area contributed by atoms with Crippen LogP contribution in [0.5, 0.6) is 0 Å². The predicted molar refractivity (Wildman–Crippen MR) is 84.9 cm³/mol. The SMILES string of the molecule is CN(Cc1csc(CNC2CC2)n1)CC1CCCCC1. The maximum Gasteiger partial charge on any atom is 0.107 e. The third-order valence-corrected chi connectivity index (χ3v) is 5.34. The molecule has 0 spiro atoms. The summed E-state index contributed by atoms with van der Waals surface area (Å²) in [5, 5.41) is 7.03. The van der Waals surface area contributed by atoms with Gasteiger partial charge in [-0.05, 0) is 38.6 Å². The molecule has 4 heteroatoms. The van der Waals surface area contributed by atoms with E-state index in [4.69, 9.17) is 4.98 Å². The van der Waals surface area contributed by atoms with Gasteiger partial charge >= 0.3 is 0 Å². The van der Waals surface area contributed by atoms with Crippen LogP contribution in [0.15, 0.2) is 5.38 Å². The highest BCUT2D eigenvalue weighted by Gasteiger charge is 2.20. The zero-order valence-corrected chi connectivity index (χ0v) is 13.4. The molecule has 2 saturated carbocycles. The van der Waals surface area contributed by atoms with E-state index in [1.165, 1.54) is 62.2 Å². The highest BCUT2D eigenvalue weighted by Crippen LogP contribution is 2.24. The number of hydrogen-bond acceptors (Lipinski definition) is 4. The number of rotatable bonds is 7. The normalized spacial score (nSPS) is 20.7. The molecule has 112 valence electrons. The van der Waals surface area contributed by atoms with Gasteiger partial charge in [-0.2, -0.15) is 0 Å². The van der Waals surface area contributed by atoms with Gasteiger partial charge in [-0.3, -0.25) is 0 Å². The lowest BCUT2D eigenvalue weighted by atomic mass is 9.89. The summed E-state index contributed by atoms with van der Waals surface area (Å²) in [4.78, 5) is 7.22. The third-order valence-electron chi connectivity index (χ3n) is 4.45. The van der Waals surface area contributed by atoms with Gasteiger partial charge in [0.05, 0.1) is 5.69 Å². The van der Waals surface area contributed by atoms with Crippen LogP contribution in [0.25, 0.3) is 0 Å². The molecule has 2 aliphatic rings. The Bertz CT molecular complexity index is 408. The van der Waals surface area contributed by atoms with Crippen LogP contribution in [0.3, 0.4) is 0 Å². The van der Waals surface area contributed by atoms with E-state index in [1.807, 2.05) is 11.3 Å². The molecule has 0 unspecified atom stereocenters. The minimum atomic E-state index is 0.774. The molecule has 0 bridgehead atoms. The van der Waals surface area contributed by atoms with Crippen LogP contribution in [0, 0.1) is 5.92 Å². The van der Waals surface area contributed by atoms with Crippen LogP contribution in [0.2, 0.25) is 0 Å². The second-order valence-corrected chi connectivity index (χ2v) is 7.53. The first kappa shape index (κ1) is 14.5. The molecule has 1 N–H and O–H groups in total. The summed E-state index contributed by atoms with van der Waals surface area (Å²) in [7, 11) is 2.25. The summed E-state index contributed by atoms with van der Waals surface area (Å²) in [6.45, 7) is 3.21. The zero-order valence-electron chi connectivity index (χ0n) is 12.6. The van der Waals surface area contributed by atoms with Crippen LogP contribution >= 0.6 is 11.3 Å². The van der Waals surface area contributed by atoms with Crippen molar-refractivity contribution < 1.29 is 0 Å². The molecule has 1 heterocycles. The number of thiazole rings is 1. The maximum absolute atomic E-state index is 4.76. The van der Waals surface area contributed by atoms with Crippen LogP contribution in [-0.4, -0.2) is 29.5 Å². The van der Waals surface area contributed by atoms with E-state index in [1.54, 1.807) is 0 Å². The van der Waals surface area contributed by atoms with Crippen molar-refractivity contribution in [3.8, 4) is 0 Å². The molecular formula is C16H27N3S. The van der Waals surface area contributed by atoms with Gasteiger partial charge in [-0.15, -0.1) is 11.3 Å². The summed E-state index contributed by atoms with van der Waals surface area (Å²) in [5.74, 6) is 0.920. The molecule has 0 radical (unpaired) electrons. The van der Waals surface area contributed by atoms with Gasteiger partial charge in [0.15, 0.2) is 0 Å². The Morgan fingerprint density at radius 1 is 1.25 bits per heavy atom. The monoisotopic (exact) mass is 293 g/mol. The Hall–Kier alpha value is -0.450. The summed E-state index contributed by atoms with van der Waals surface area (Å²) in [6.07, 6.45) is 9.88. The summed E-state index contributed by atoms with van der Waals surface area (Å²) >= 11 is 1.81. The van der Waals surface area contributed by atoms with Gasteiger partial charge in [-0.25, -0.2) is 4.98 Å². The average molecular weight is 293 g/mol. The molecule has 3 rings (SSSR count). The lowest BCUT2D eigenvalue weighted by Crippen LogP contribution is -2.26. The molecule has 0 aliphatic heterocycles. The van der Waals surface area contributed by atoms with Crippen molar-refractivity contribution in [1.29, 1.82) is 0 Å². The van der Waals surface area contributed by atoms with Gasteiger partial charge in [0.25, 0.3) is 0 Å². The smallest absolute Gasteiger partial charge is 0.107 e. The van der Waals surface area contributed by atoms with Crippen molar-refractivity contribution in [1.82, 2.24) is 15.2 Å². The molecule has 20 heavy (non-hydrogen) atoms. The fourth-order valence-electron chi connectivity index (χ4n) is 3.17. The fraction of sp³-hybridized carbons (Fsp3) is 0.812. The standard InChI is InChI=1S/C16H27N3S/c1-19(10-13-5-3-2-4-6-13)11-15-12-20-16(18-15)9-17-14-7-8-14/h12-14,17H,2-11H2,1H3. The third kappa shape index (κ3) is 4.54. The van der Waals surface area contributed by atoms with E-state index in [2.05, 4.69) is 22.6 Å². The summed E-state index contributed by atoms with van der Waals surface area (Å²) in [6, 6.07) is 0.774. The molecule has 0 aromatic carbocycles. The first-order valence-electron chi connectivity index (χ1n) is 8.15. The summed E-state index contributed by atoms with van der Waals surface area (Å²) in [5.41, 5.74) is 1.25. The molecule has 2 fully saturated rings. The van der Waals surface area contributed by atoms with E-state index < -0.39 is 0 Å². The molecule has 3 nitrogen and oxygen atoms in total. The van der Waals surface area contributed by atoms with E-state index in [0.717, 1.165) is 25.0 Å². The molecule has 2 aliphatic carbocycles. The molecule has 0 atom stereocenters. The average Bonchev–Trinajstić information content (AvgIpc) is 3.18. The van der Waals surface area contributed by atoms with Crippen molar-refractivity contribution in [3.05, 3.63) is 16.1 Å². The predicted octanol–water partition coefficient (Wildman–Crippen LogP) is 3.41. The summed E-state index contributed by atoms with van der Waals surface area (Å²) < 4.78 is 0. The van der Waals surface area contributed by atoms with Crippen molar-refractivity contribution in [2.24, 2.45) is 5.92 Å². The van der Waals surface area contributed by atoms with Crippen LogP contribution in [0.1, 0.15) is 55.6 Å². The van der Waals surface area contributed by atoms with E-state index >= 15 is 0 Å². The second-order valence-electron chi connectivity index (χ2n) is 6.59. The van der Waals surface area contributed by atoms with Crippen molar-refractivity contribution in [3.63, 3.8) is 0 Å². The molecule has 0 saturated heterocycles. The van der Waals surface area contributed by atoms with Crippen LogP contribution in [0.4, 0.5) is 0 Å². The van der Waals surface area contributed by atoms with Gasteiger partial charge in [0, 0.05) is 31.1 Å². The Labute approximate surface area is 126 Å². The van der Waals surface area contributed by atoms with Crippen molar-refractivity contribution in [2.75, 3.05) is 13.6 Å². The Morgan fingerprint density at radius 3 is 2.80 bits per heavy atom. The van der Waals surface area contributed by atoms with E-state index in [-0.39, 0.29) is 0 Å². The Balaban J connectivity index is 1.41. The highest BCUT2D eigenvalue weighted by molar-refractivity contribution is 7.09. The first-order valence-corrected chi connectivity index (χ1v) is 9.03. The topological polar surface area (TPSA) is 28.2 Å². The van der Waals surface area contributed by atoms with Crippen LogP contribution < -0.4 is 5.32 Å². The minimum absolute atomic E-state index is 0.774. The van der Waals surface area contributed by atoms with Gasteiger partial charge < -0.3 is 10.2 Å². The van der Waals surface area contributed by atoms with Crippen molar-refractivity contribution in [2.45, 2.75) is 64.1 Å². The number of nitrogens with zero attached hydrogens (tertiary/aromatic N) is 2. The molecular weight excluding hydrogens is 266 g/mol. The van der Waals surface area contributed by atoms with Crippen molar-refractivity contribution >= 4 is 11.3 Å².